The zero-order valence-corrected chi connectivity index (χ0v) is 8.15. The fraction of sp³-hybridized carbons (Fsp3) is 0.250. The standard InChI is InChI=1S/C8H10FNO2S/c1-5-3-6(13(2,11)12)4-7(9)8(5)10/h3-4H,10H2,1-2H3. The van der Waals surface area contributed by atoms with Crippen LogP contribution in [0.2, 0.25) is 0 Å². The molecule has 72 valence electrons. The first-order valence-electron chi connectivity index (χ1n) is 3.58. The summed E-state index contributed by atoms with van der Waals surface area (Å²) in [4.78, 5) is -0.0447. The summed E-state index contributed by atoms with van der Waals surface area (Å²) in [6.07, 6.45) is 1.03. The summed E-state index contributed by atoms with van der Waals surface area (Å²) in [7, 11) is -3.36. The van der Waals surface area contributed by atoms with Gasteiger partial charge in [0, 0.05) is 6.26 Å². The van der Waals surface area contributed by atoms with E-state index in [2.05, 4.69) is 0 Å². The molecule has 0 spiro atoms. The number of hydrogen-bond donors (Lipinski definition) is 1. The van der Waals surface area contributed by atoms with Crippen LogP contribution in [-0.4, -0.2) is 14.7 Å². The van der Waals surface area contributed by atoms with Crippen molar-refractivity contribution in [1.29, 1.82) is 0 Å². The first kappa shape index (κ1) is 9.98. The minimum Gasteiger partial charge on any atom is -0.396 e. The Labute approximate surface area is 76.3 Å². The number of sulfone groups is 1. The van der Waals surface area contributed by atoms with E-state index in [0.717, 1.165) is 12.3 Å². The van der Waals surface area contributed by atoms with Gasteiger partial charge in [0.2, 0.25) is 0 Å². The molecule has 0 heterocycles. The van der Waals surface area contributed by atoms with Gasteiger partial charge in [-0.05, 0) is 24.6 Å². The summed E-state index contributed by atoms with van der Waals surface area (Å²) in [6, 6.07) is 2.28. The monoisotopic (exact) mass is 203 g/mol. The lowest BCUT2D eigenvalue weighted by Gasteiger charge is -2.04. The first-order valence-corrected chi connectivity index (χ1v) is 5.47. The lowest BCUT2D eigenvalue weighted by molar-refractivity contribution is 0.596. The number of benzene rings is 1. The van der Waals surface area contributed by atoms with Gasteiger partial charge in [-0.15, -0.1) is 0 Å². The Kier molecular flexibility index (Phi) is 2.30. The normalized spacial score (nSPS) is 11.6. The molecular formula is C8H10FNO2S. The van der Waals surface area contributed by atoms with E-state index in [1.165, 1.54) is 6.07 Å². The van der Waals surface area contributed by atoms with Crippen molar-refractivity contribution < 1.29 is 12.8 Å². The zero-order chi connectivity index (χ0) is 10.2. The van der Waals surface area contributed by atoms with Gasteiger partial charge in [-0.1, -0.05) is 0 Å². The topological polar surface area (TPSA) is 60.2 Å². The van der Waals surface area contributed by atoms with E-state index in [4.69, 9.17) is 5.73 Å². The summed E-state index contributed by atoms with van der Waals surface area (Å²) >= 11 is 0. The lowest BCUT2D eigenvalue weighted by Crippen LogP contribution is -2.02. The number of halogens is 1. The minimum absolute atomic E-state index is 0.00704. The van der Waals surface area contributed by atoms with Crippen LogP contribution in [0.25, 0.3) is 0 Å². The molecule has 0 aliphatic carbocycles. The van der Waals surface area contributed by atoms with Gasteiger partial charge in [0.1, 0.15) is 5.82 Å². The van der Waals surface area contributed by atoms with Crippen molar-refractivity contribution in [1.82, 2.24) is 0 Å². The highest BCUT2D eigenvalue weighted by atomic mass is 32.2. The van der Waals surface area contributed by atoms with Crippen molar-refractivity contribution in [3.63, 3.8) is 0 Å². The van der Waals surface area contributed by atoms with Crippen LogP contribution < -0.4 is 5.73 Å². The van der Waals surface area contributed by atoms with Crippen LogP contribution in [0, 0.1) is 12.7 Å². The highest BCUT2D eigenvalue weighted by Gasteiger charge is 2.11. The summed E-state index contributed by atoms with van der Waals surface area (Å²) in [5.41, 5.74) is 5.75. The van der Waals surface area contributed by atoms with Gasteiger partial charge in [-0.3, -0.25) is 0 Å². The Bertz CT molecular complexity index is 416. The average Bonchev–Trinajstić information content (AvgIpc) is 1.97. The SMILES string of the molecule is Cc1cc(S(C)(=O)=O)cc(F)c1N. The van der Waals surface area contributed by atoms with Crippen LogP contribution in [-0.2, 0) is 9.84 Å². The fourth-order valence-electron chi connectivity index (χ4n) is 0.938. The largest absolute Gasteiger partial charge is 0.396 e. The van der Waals surface area contributed by atoms with E-state index >= 15 is 0 Å². The molecule has 1 rings (SSSR count). The van der Waals surface area contributed by atoms with Crippen LogP contribution in [0.4, 0.5) is 10.1 Å². The molecule has 2 N–H and O–H groups in total. The molecule has 3 nitrogen and oxygen atoms in total. The summed E-state index contributed by atoms with van der Waals surface area (Å²) in [5.74, 6) is -0.694. The maximum Gasteiger partial charge on any atom is 0.175 e. The van der Waals surface area contributed by atoms with Crippen molar-refractivity contribution in [2.24, 2.45) is 0 Å². The van der Waals surface area contributed by atoms with Gasteiger partial charge >= 0.3 is 0 Å². The van der Waals surface area contributed by atoms with E-state index in [-0.39, 0.29) is 10.6 Å². The van der Waals surface area contributed by atoms with Crippen LogP contribution in [0.15, 0.2) is 17.0 Å². The lowest BCUT2D eigenvalue weighted by atomic mass is 10.2. The summed E-state index contributed by atoms with van der Waals surface area (Å²) < 4.78 is 35.1. The quantitative estimate of drug-likeness (QED) is 0.696. The zero-order valence-electron chi connectivity index (χ0n) is 7.33. The third kappa shape index (κ3) is 1.98. The maximum atomic E-state index is 13.0. The highest BCUT2D eigenvalue weighted by molar-refractivity contribution is 7.90. The average molecular weight is 203 g/mol. The number of nitrogens with two attached hydrogens (primary N) is 1. The number of rotatable bonds is 1. The molecule has 0 unspecified atom stereocenters. The van der Waals surface area contributed by atoms with Gasteiger partial charge in [-0.25, -0.2) is 12.8 Å². The third-order valence-corrected chi connectivity index (χ3v) is 2.83. The summed E-state index contributed by atoms with van der Waals surface area (Å²) in [5, 5.41) is 0. The molecule has 0 saturated carbocycles. The van der Waals surface area contributed by atoms with Gasteiger partial charge in [-0.2, -0.15) is 0 Å². The Morgan fingerprint density at radius 3 is 2.31 bits per heavy atom. The van der Waals surface area contributed by atoms with E-state index in [1.807, 2.05) is 0 Å². The van der Waals surface area contributed by atoms with Gasteiger partial charge in [0.25, 0.3) is 0 Å². The van der Waals surface area contributed by atoms with Crippen molar-refractivity contribution in [3.05, 3.63) is 23.5 Å². The van der Waals surface area contributed by atoms with Crippen molar-refractivity contribution in [2.45, 2.75) is 11.8 Å². The number of hydrogen-bond acceptors (Lipinski definition) is 3. The van der Waals surface area contributed by atoms with Crippen molar-refractivity contribution in [3.8, 4) is 0 Å². The molecule has 0 aromatic heterocycles. The molecule has 0 bridgehead atoms. The smallest absolute Gasteiger partial charge is 0.175 e. The van der Waals surface area contributed by atoms with Crippen molar-refractivity contribution in [2.75, 3.05) is 12.0 Å². The summed E-state index contributed by atoms with van der Waals surface area (Å²) in [6.45, 7) is 1.56. The molecule has 13 heavy (non-hydrogen) atoms. The highest BCUT2D eigenvalue weighted by Crippen LogP contribution is 2.20. The molecule has 0 aliphatic rings. The maximum absolute atomic E-state index is 13.0. The van der Waals surface area contributed by atoms with Gasteiger partial charge in [0.05, 0.1) is 10.6 Å². The number of nitrogen functional groups attached to an aromatic ring is 1. The minimum atomic E-state index is -3.36. The van der Waals surface area contributed by atoms with Crippen molar-refractivity contribution >= 4 is 15.5 Å². The molecule has 5 heteroatoms. The Hall–Kier alpha value is -1.10. The molecule has 1 aromatic rings. The molecule has 0 saturated heterocycles. The molecule has 0 atom stereocenters. The predicted octanol–water partition coefficient (Wildman–Crippen LogP) is 1.12. The molecule has 0 fully saturated rings. The van der Waals surface area contributed by atoms with Gasteiger partial charge in [0.15, 0.2) is 9.84 Å². The molecule has 0 aliphatic heterocycles. The third-order valence-electron chi connectivity index (χ3n) is 1.74. The van der Waals surface area contributed by atoms with E-state index in [1.54, 1.807) is 6.92 Å². The molecular weight excluding hydrogens is 193 g/mol. The number of aryl methyl sites for hydroxylation is 1. The van der Waals surface area contributed by atoms with E-state index in [0.29, 0.717) is 5.56 Å². The van der Waals surface area contributed by atoms with Gasteiger partial charge < -0.3 is 5.73 Å². The Morgan fingerprint density at radius 1 is 1.38 bits per heavy atom. The fourth-order valence-corrected chi connectivity index (χ4v) is 1.65. The van der Waals surface area contributed by atoms with Crippen LogP contribution in [0.3, 0.4) is 0 Å². The molecule has 1 aromatic carbocycles. The second kappa shape index (κ2) is 2.99. The van der Waals surface area contributed by atoms with Crippen LogP contribution >= 0.6 is 0 Å². The number of anilines is 1. The first-order chi connectivity index (χ1) is 5.82. The van der Waals surface area contributed by atoms with Crippen LogP contribution in [0.1, 0.15) is 5.56 Å². The molecule has 0 radical (unpaired) electrons. The van der Waals surface area contributed by atoms with E-state index in [9.17, 15) is 12.8 Å². The molecule has 0 amide bonds. The van der Waals surface area contributed by atoms with Crippen LogP contribution in [0.5, 0.6) is 0 Å². The Balaban J connectivity index is 3.47. The van der Waals surface area contributed by atoms with E-state index < -0.39 is 15.7 Å². The Morgan fingerprint density at radius 2 is 1.92 bits per heavy atom. The second-order valence-electron chi connectivity index (χ2n) is 2.91. The second-order valence-corrected chi connectivity index (χ2v) is 4.92. The predicted molar refractivity (Wildman–Crippen MR) is 48.7 cm³/mol.